The summed E-state index contributed by atoms with van der Waals surface area (Å²) < 4.78 is 23.4. The van der Waals surface area contributed by atoms with E-state index in [1.165, 1.54) is 0 Å². The van der Waals surface area contributed by atoms with Crippen LogP contribution in [0.25, 0.3) is 11.2 Å². The number of anilines is 1. The highest BCUT2D eigenvalue weighted by Gasteiger charge is 2.28. The predicted molar refractivity (Wildman–Crippen MR) is 112 cm³/mol. The van der Waals surface area contributed by atoms with Gasteiger partial charge in [-0.3, -0.25) is 9.36 Å². The van der Waals surface area contributed by atoms with Gasteiger partial charge in [0.25, 0.3) is 0 Å². The maximum Gasteiger partial charge on any atom is 0.350 e. The van der Waals surface area contributed by atoms with Crippen molar-refractivity contribution >= 4 is 30.5 Å². The van der Waals surface area contributed by atoms with Gasteiger partial charge in [-0.2, -0.15) is 0 Å². The third-order valence-corrected chi connectivity index (χ3v) is 5.67. The maximum atomic E-state index is 11.7. The molecule has 3 rings (SSSR count). The van der Waals surface area contributed by atoms with E-state index < -0.39 is 32.1 Å². The van der Waals surface area contributed by atoms with Crippen LogP contribution < -0.4 is 11.5 Å². The second-order valence-corrected chi connectivity index (χ2v) is 9.59. The minimum Gasteiger partial charge on any atom is -0.461 e. The number of carbonyl (C=O) groups is 1. The number of rotatable bonds is 8. The van der Waals surface area contributed by atoms with E-state index in [4.69, 9.17) is 30.7 Å². The molecule has 31 heavy (non-hydrogen) atoms. The van der Waals surface area contributed by atoms with Crippen molar-refractivity contribution in [2.24, 2.45) is 5.73 Å². The minimum atomic E-state index is -4.24. The van der Waals surface area contributed by atoms with Gasteiger partial charge in [0, 0.05) is 5.92 Å². The molecule has 0 radical (unpaired) electrons. The van der Waals surface area contributed by atoms with Crippen molar-refractivity contribution in [2.75, 3.05) is 12.1 Å². The molecule has 0 aliphatic heterocycles. The lowest BCUT2D eigenvalue weighted by Crippen LogP contribution is -2.33. The fourth-order valence-electron chi connectivity index (χ4n) is 3.56. The second kappa shape index (κ2) is 9.58. The van der Waals surface area contributed by atoms with Crippen LogP contribution in [0.1, 0.15) is 51.3 Å². The molecule has 0 bridgehead atoms. The molecule has 2 aromatic rings. The Morgan fingerprint density at radius 3 is 2.58 bits per heavy atom. The molecule has 2 aromatic heterocycles. The highest BCUT2D eigenvalue weighted by atomic mass is 31.2. The van der Waals surface area contributed by atoms with Crippen molar-refractivity contribution in [3.05, 3.63) is 12.2 Å². The van der Waals surface area contributed by atoms with Crippen molar-refractivity contribution in [2.45, 2.75) is 70.2 Å². The topological polar surface area (TPSA) is 189 Å². The molecule has 0 aromatic carbocycles. The SMILES string of the molecule is C[C@H](Cn1cnc2c(N)nc(C3CCC(OC(=O)[C@H](C)N)CC3)nc21)OCP(=O)(O)O. The van der Waals surface area contributed by atoms with E-state index in [0.29, 0.717) is 36.4 Å². The number of nitrogens with two attached hydrogens (primary N) is 2. The van der Waals surface area contributed by atoms with Crippen LogP contribution in [0.15, 0.2) is 6.33 Å². The summed E-state index contributed by atoms with van der Waals surface area (Å²) in [5.74, 6) is 0.550. The van der Waals surface area contributed by atoms with Crippen molar-refractivity contribution in [1.29, 1.82) is 0 Å². The number of hydrogen-bond acceptors (Lipinski definition) is 9. The Bertz CT molecular complexity index is 968. The molecule has 2 atom stereocenters. The third kappa shape index (κ3) is 6.20. The molecular formula is C18H29N6O6P. The lowest BCUT2D eigenvalue weighted by molar-refractivity contribution is -0.151. The van der Waals surface area contributed by atoms with Gasteiger partial charge in [-0.1, -0.05) is 0 Å². The van der Waals surface area contributed by atoms with E-state index in [2.05, 4.69) is 15.0 Å². The number of ether oxygens (including phenoxy) is 2. The molecule has 1 saturated carbocycles. The minimum absolute atomic E-state index is 0.0728. The molecule has 0 amide bonds. The molecule has 0 unspecified atom stereocenters. The molecular weight excluding hydrogens is 427 g/mol. The Morgan fingerprint density at radius 2 is 1.97 bits per heavy atom. The van der Waals surface area contributed by atoms with Crippen LogP contribution in [0.5, 0.6) is 0 Å². The largest absolute Gasteiger partial charge is 0.461 e. The zero-order valence-electron chi connectivity index (χ0n) is 17.5. The van der Waals surface area contributed by atoms with Crippen LogP contribution in [0.3, 0.4) is 0 Å². The summed E-state index contributed by atoms with van der Waals surface area (Å²) in [5.41, 5.74) is 12.7. The lowest BCUT2D eigenvalue weighted by atomic mass is 9.86. The number of hydrogen-bond donors (Lipinski definition) is 4. The fraction of sp³-hybridized carbons (Fsp3) is 0.667. The smallest absolute Gasteiger partial charge is 0.350 e. The number of carbonyl (C=O) groups excluding carboxylic acids is 1. The van der Waals surface area contributed by atoms with E-state index in [1.807, 2.05) is 0 Å². The van der Waals surface area contributed by atoms with Crippen molar-refractivity contribution in [3.8, 4) is 0 Å². The van der Waals surface area contributed by atoms with Crippen LogP contribution >= 0.6 is 7.60 Å². The summed E-state index contributed by atoms with van der Waals surface area (Å²) >= 11 is 0. The van der Waals surface area contributed by atoms with Gasteiger partial charge in [-0.25, -0.2) is 15.0 Å². The highest BCUT2D eigenvalue weighted by molar-refractivity contribution is 7.51. The molecule has 0 saturated heterocycles. The van der Waals surface area contributed by atoms with Crippen LogP contribution in [0, 0.1) is 0 Å². The van der Waals surface area contributed by atoms with Crippen molar-refractivity contribution < 1.29 is 28.6 Å². The van der Waals surface area contributed by atoms with E-state index >= 15 is 0 Å². The zero-order chi connectivity index (χ0) is 22.8. The summed E-state index contributed by atoms with van der Waals surface area (Å²) in [6.07, 6.45) is 3.15. The Morgan fingerprint density at radius 1 is 1.29 bits per heavy atom. The number of esters is 1. The van der Waals surface area contributed by atoms with Gasteiger partial charge in [0.2, 0.25) is 0 Å². The molecule has 2 heterocycles. The number of fused-ring (bicyclic) bond motifs is 1. The highest BCUT2D eigenvalue weighted by Crippen LogP contribution is 2.35. The first-order valence-corrected chi connectivity index (χ1v) is 11.9. The average molecular weight is 456 g/mol. The second-order valence-electron chi connectivity index (χ2n) is 8.01. The molecule has 1 fully saturated rings. The molecule has 13 heteroatoms. The fourth-order valence-corrected chi connectivity index (χ4v) is 4.01. The molecule has 12 nitrogen and oxygen atoms in total. The quantitative estimate of drug-likeness (QED) is 0.326. The molecule has 0 spiro atoms. The predicted octanol–water partition coefficient (Wildman–Crippen LogP) is 0.865. The molecule has 172 valence electrons. The normalized spacial score (nSPS) is 21.7. The standard InChI is InChI=1S/C18H29N6O6P/c1-10(29-9-31(26,27)28)7-24-8-21-14-15(20)22-16(23-17(14)24)12-3-5-13(6-4-12)30-18(25)11(2)19/h8,10-13H,3-7,9,19H2,1-2H3,(H2,20,22,23)(H2,26,27,28)/t10-,11+,12?,13?/m1/s1. The van der Waals surface area contributed by atoms with Gasteiger partial charge < -0.3 is 35.3 Å². The van der Waals surface area contributed by atoms with Gasteiger partial charge in [-0.15, -0.1) is 0 Å². The van der Waals surface area contributed by atoms with E-state index in [-0.39, 0.29) is 17.8 Å². The van der Waals surface area contributed by atoms with Crippen LogP contribution in [-0.2, 0) is 25.4 Å². The Balaban J connectivity index is 1.70. The van der Waals surface area contributed by atoms with Gasteiger partial charge >= 0.3 is 13.6 Å². The maximum absolute atomic E-state index is 11.7. The Kier molecular flexibility index (Phi) is 7.28. The van der Waals surface area contributed by atoms with Crippen molar-refractivity contribution in [3.63, 3.8) is 0 Å². The first-order valence-electron chi connectivity index (χ1n) is 10.1. The van der Waals surface area contributed by atoms with Crippen molar-refractivity contribution in [1.82, 2.24) is 19.5 Å². The number of nitrogen functional groups attached to an aromatic ring is 1. The van der Waals surface area contributed by atoms with Gasteiger partial charge in [-0.05, 0) is 39.5 Å². The van der Waals surface area contributed by atoms with Crippen LogP contribution in [-0.4, -0.2) is 59.9 Å². The zero-order valence-corrected chi connectivity index (χ0v) is 18.4. The summed E-state index contributed by atoms with van der Waals surface area (Å²) in [6, 6.07) is -0.642. The summed E-state index contributed by atoms with van der Waals surface area (Å²) in [5, 5.41) is 0. The number of aromatic nitrogens is 4. The number of nitrogens with zero attached hydrogens (tertiary/aromatic N) is 4. The molecule has 1 aliphatic rings. The molecule has 6 N–H and O–H groups in total. The Hall–Kier alpha value is -2.11. The third-order valence-electron chi connectivity index (χ3n) is 5.18. The van der Waals surface area contributed by atoms with E-state index in [0.717, 1.165) is 12.8 Å². The Labute approximate surface area is 179 Å². The summed E-state index contributed by atoms with van der Waals surface area (Å²) in [7, 11) is -4.24. The monoisotopic (exact) mass is 456 g/mol. The van der Waals surface area contributed by atoms with Gasteiger partial charge in [0.1, 0.15) is 29.8 Å². The first-order chi connectivity index (χ1) is 14.5. The van der Waals surface area contributed by atoms with Crippen LogP contribution in [0.4, 0.5) is 5.82 Å². The number of imidazole rings is 1. The molecule has 1 aliphatic carbocycles. The summed E-state index contributed by atoms with van der Waals surface area (Å²) in [6.45, 7) is 3.60. The van der Waals surface area contributed by atoms with E-state index in [1.54, 1.807) is 24.7 Å². The average Bonchev–Trinajstić information content (AvgIpc) is 3.09. The summed E-state index contributed by atoms with van der Waals surface area (Å²) in [4.78, 5) is 43.0. The van der Waals surface area contributed by atoms with E-state index in [9.17, 15) is 9.36 Å². The van der Waals surface area contributed by atoms with Gasteiger partial charge in [0.15, 0.2) is 11.5 Å². The van der Waals surface area contributed by atoms with Crippen LogP contribution in [0.2, 0.25) is 0 Å². The van der Waals surface area contributed by atoms with Gasteiger partial charge in [0.05, 0.1) is 19.0 Å². The lowest BCUT2D eigenvalue weighted by Gasteiger charge is -2.28. The first kappa shape index (κ1) is 23.6.